The highest BCUT2D eigenvalue weighted by Crippen LogP contribution is 2.22. The number of carboxylic acid groups (broad SMARTS) is 1. The van der Waals surface area contributed by atoms with Gasteiger partial charge >= 0.3 is 5.97 Å². The van der Waals surface area contributed by atoms with Crippen LogP contribution in [0.2, 0.25) is 0 Å². The molecule has 2 rings (SSSR count). The molecule has 4 nitrogen and oxygen atoms in total. The highest BCUT2D eigenvalue weighted by molar-refractivity contribution is 5.66. The first-order valence-electron chi connectivity index (χ1n) is 7.00. The highest BCUT2D eigenvalue weighted by atomic mass is 19.1. The lowest BCUT2D eigenvalue weighted by molar-refractivity contribution is -0.137. The van der Waals surface area contributed by atoms with Crippen LogP contribution in [-0.4, -0.2) is 53.6 Å². The predicted octanol–water partition coefficient (Wildman–Crippen LogP) is 1.98. The van der Waals surface area contributed by atoms with Gasteiger partial charge in [0.15, 0.2) is 0 Å². The van der Waals surface area contributed by atoms with Crippen LogP contribution >= 0.6 is 0 Å². The molecule has 1 heterocycles. The maximum absolute atomic E-state index is 13.3. The van der Waals surface area contributed by atoms with E-state index in [0.29, 0.717) is 6.54 Å². The summed E-state index contributed by atoms with van der Waals surface area (Å²) in [5, 5.41) is 8.69. The molecule has 20 heavy (non-hydrogen) atoms. The fourth-order valence-electron chi connectivity index (χ4n) is 2.61. The summed E-state index contributed by atoms with van der Waals surface area (Å²) >= 11 is 0. The van der Waals surface area contributed by atoms with Crippen LogP contribution in [0.1, 0.15) is 24.9 Å². The second kappa shape index (κ2) is 6.81. The minimum Gasteiger partial charge on any atom is -0.481 e. The maximum Gasteiger partial charge on any atom is 0.304 e. The van der Waals surface area contributed by atoms with Crippen molar-refractivity contribution in [3.8, 4) is 0 Å². The third-order valence-electron chi connectivity index (χ3n) is 3.93. The molecular formula is C15H21FN2O2. The van der Waals surface area contributed by atoms with E-state index < -0.39 is 5.97 Å². The molecule has 1 N–H and O–H groups in total. The number of nitrogens with zero attached hydrogens (tertiary/aromatic N) is 2. The molecule has 1 aliphatic rings. The molecule has 0 aliphatic carbocycles. The van der Waals surface area contributed by atoms with E-state index in [1.165, 1.54) is 6.07 Å². The van der Waals surface area contributed by atoms with Crippen LogP contribution in [0.4, 0.5) is 4.39 Å². The molecule has 1 fully saturated rings. The van der Waals surface area contributed by atoms with Crippen LogP contribution in [0.5, 0.6) is 0 Å². The number of rotatable bonds is 5. The van der Waals surface area contributed by atoms with Crippen LogP contribution in [0.25, 0.3) is 0 Å². The molecule has 1 saturated heterocycles. The number of halogens is 1. The van der Waals surface area contributed by atoms with Crippen molar-refractivity contribution >= 4 is 5.97 Å². The van der Waals surface area contributed by atoms with E-state index in [1.807, 2.05) is 6.07 Å². The van der Waals surface area contributed by atoms with Gasteiger partial charge in [-0.05, 0) is 24.6 Å². The highest BCUT2D eigenvalue weighted by Gasteiger charge is 2.22. The van der Waals surface area contributed by atoms with E-state index in [4.69, 9.17) is 5.11 Å². The van der Waals surface area contributed by atoms with Crippen LogP contribution in [0.3, 0.4) is 0 Å². The second-order valence-electron chi connectivity index (χ2n) is 5.25. The normalized spacial score (nSPS) is 18.9. The molecule has 1 atom stereocenters. The number of hydrogen-bond donors (Lipinski definition) is 1. The Morgan fingerprint density at radius 1 is 1.35 bits per heavy atom. The van der Waals surface area contributed by atoms with Crippen LogP contribution < -0.4 is 0 Å². The van der Waals surface area contributed by atoms with Crippen LogP contribution in [0, 0.1) is 5.82 Å². The average molecular weight is 280 g/mol. The number of carbonyl (C=O) groups is 1. The zero-order valence-corrected chi connectivity index (χ0v) is 11.8. The Bertz CT molecular complexity index is 459. The largest absolute Gasteiger partial charge is 0.481 e. The molecule has 1 aliphatic heterocycles. The Kier molecular flexibility index (Phi) is 5.09. The summed E-state index contributed by atoms with van der Waals surface area (Å²) in [6, 6.07) is 6.92. The van der Waals surface area contributed by atoms with Crippen molar-refractivity contribution in [2.75, 3.05) is 32.7 Å². The summed E-state index contributed by atoms with van der Waals surface area (Å²) in [7, 11) is 0. The molecular weight excluding hydrogens is 259 g/mol. The Balaban J connectivity index is 1.85. The van der Waals surface area contributed by atoms with Gasteiger partial charge in [-0.25, -0.2) is 4.39 Å². The van der Waals surface area contributed by atoms with Gasteiger partial charge in [-0.3, -0.25) is 9.69 Å². The number of benzene rings is 1. The molecule has 0 bridgehead atoms. The lowest BCUT2D eigenvalue weighted by Gasteiger charge is -2.38. The molecule has 0 radical (unpaired) electrons. The Labute approximate surface area is 118 Å². The van der Waals surface area contributed by atoms with Crippen molar-refractivity contribution in [2.45, 2.75) is 19.4 Å². The van der Waals surface area contributed by atoms with Gasteiger partial charge in [0, 0.05) is 38.8 Å². The van der Waals surface area contributed by atoms with Crippen molar-refractivity contribution in [1.29, 1.82) is 0 Å². The summed E-state index contributed by atoms with van der Waals surface area (Å²) < 4.78 is 13.3. The standard InChI is InChI=1S/C15H21FN2O2/c1-12(13-3-2-4-14(16)11-13)18-9-7-17(8-10-18)6-5-15(19)20/h2-4,11-12H,5-10H2,1H3,(H,19,20). The maximum atomic E-state index is 13.3. The minimum atomic E-state index is -0.749. The number of aliphatic carboxylic acids is 1. The summed E-state index contributed by atoms with van der Waals surface area (Å²) in [4.78, 5) is 15.0. The molecule has 1 aromatic carbocycles. The molecule has 0 spiro atoms. The molecule has 110 valence electrons. The fraction of sp³-hybridized carbons (Fsp3) is 0.533. The van der Waals surface area contributed by atoms with Gasteiger partial charge < -0.3 is 10.0 Å². The molecule has 1 aromatic rings. The van der Waals surface area contributed by atoms with Gasteiger partial charge in [-0.1, -0.05) is 12.1 Å². The molecule has 0 saturated carbocycles. The molecule has 0 amide bonds. The van der Waals surface area contributed by atoms with E-state index in [-0.39, 0.29) is 18.3 Å². The minimum absolute atomic E-state index is 0.187. The molecule has 0 aromatic heterocycles. The van der Waals surface area contributed by atoms with Crippen molar-refractivity contribution in [3.05, 3.63) is 35.6 Å². The summed E-state index contributed by atoms with van der Waals surface area (Å²) in [5.74, 6) is -0.949. The Hall–Kier alpha value is -1.46. The van der Waals surface area contributed by atoms with E-state index in [1.54, 1.807) is 12.1 Å². The fourth-order valence-corrected chi connectivity index (χ4v) is 2.61. The van der Waals surface area contributed by atoms with E-state index in [0.717, 1.165) is 31.7 Å². The smallest absolute Gasteiger partial charge is 0.304 e. The third kappa shape index (κ3) is 4.02. The first-order chi connectivity index (χ1) is 9.56. The summed E-state index contributed by atoms with van der Waals surface area (Å²) in [6.45, 7) is 6.20. The first-order valence-corrected chi connectivity index (χ1v) is 7.00. The molecule has 1 unspecified atom stereocenters. The summed E-state index contributed by atoms with van der Waals surface area (Å²) in [5.41, 5.74) is 0.990. The van der Waals surface area contributed by atoms with Gasteiger partial charge in [-0.2, -0.15) is 0 Å². The zero-order valence-electron chi connectivity index (χ0n) is 11.8. The Morgan fingerprint density at radius 2 is 2.05 bits per heavy atom. The first kappa shape index (κ1) is 14.9. The topological polar surface area (TPSA) is 43.8 Å². The number of piperazine rings is 1. The van der Waals surface area contributed by atoms with E-state index in [2.05, 4.69) is 16.7 Å². The van der Waals surface area contributed by atoms with Crippen molar-refractivity contribution in [2.24, 2.45) is 0 Å². The third-order valence-corrected chi connectivity index (χ3v) is 3.93. The van der Waals surface area contributed by atoms with Gasteiger partial charge in [0.05, 0.1) is 6.42 Å². The van der Waals surface area contributed by atoms with Gasteiger partial charge in [0.25, 0.3) is 0 Å². The zero-order chi connectivity index (χ0) is 14.5. The van der Waals surface area contributed by atoms with Gasteiger partial charge in [-0.15, -0.1) is 0 Å². The molecule has 5 heteroatoms. The van der Waals surface area contributed by atoms with Crippen molar-refractivity contribution < 1.29 is 14.3 Å². The average Bonchev–Trinajstić information content (AvgIpc) is 2.45. The Morgan fingerprint density at radius 3 is 2.65 bits per heavy atom. The monoisotopic (exact) mass is 280 g/mol. The van der Waals surface area contributed by atoms with Crippen LogP contribution in [0.15, 0.2) is 24.3 Å². The quantitative estimate of drug-likeness (QED) is 0.895. The SMILES string of the molecule is CC(c1cccc(F)c1)N1CCN(CCC(=O)O)CC1. The summed E-state index contributed by atoms with van der Waals surface area (Å²) in [6.07, 6.45) is 0.194. The number of hydrogen-bond acceptors (Lipinski definition) is 3. The lowest BCUT2D eigenvalue weighted by atomic mass is 10.1. The van der Waals surface area contributed by atoms with Gasteiger partial charge in [0.2, 0.25) is 0 Å². The number of carboxylic acids is 1. The van der Waals surface area contributed by atoms with Crippen molar-refractivity contribution in [1.82, 2.24) is 9.80 Å². The van der Waals surface area contributed by atoms with E-state index >= 15 is 0 Å². The second-order valence-corrected chi connectivity index (χ2v) is 5.25. The van der Waals surface area contributed by atoms with Crippen LogP contribution in [-0.2, 0) is 4.79 Å². The van der Waals surface area contributed by atoms with Gasteiger partial charge in [0.1, 0.15) is 5.82 Å². The lowest BCUT2D eigenvalue weighted by Crippen LogP contribution is -2.47. The van der Waals surface area contributed by atoms with Crippen molar-refractivity contribution in [3.63, 3.8) is 0 Å². The van der Waals surface area contributed by atoms with E-state index in [9.17, 15) is 9.18 Å². The predicted molar refractivity (Wildman–Crippen MR) is 75.1 cm³/mol.